The first kappa shape index (κ1) is 16.5. The number of hydrogen-bond donors (Lipinski definition) is 1. The van der Waals surface area contributed by atoms with Gasteiger partial charge in [0.25, 0.3) is 0 Å². The number of urea groups is 1. The molecule has 2 atom stereocenters. The normalized spacial score (nSPS) is 33.0. The van der Waals surface area contributed by atoms with Gasteiger partial charge in [0.1, 0.15) is 6.04 Å². The number of aliphatic carboxylic acids is 1. The van der Waals surface area contributed by atoms with Crippen LogP contribution in [0.15, 0.2) is 0 Å². The molecule has 0 aromatic heterocycles. The molecule has 120 valence electrons. The van der Waals surface area contributed by atoms with E-state index < -0.39 is 12.0 Å². The maximum absolute atomic E-state index is 12.7. The second kappa shape index (κ2) is 6.90. The third kappa shape index (κ3) is 3.47. The summed E-state index contributed by atoms with van der Waals surface area (Å²) in [7, 11) is 1.83. The Morgan fingerprint density at radius 2 is 1.90 bits per heavy atom. The molecule has 0 radical (unpaired) electrons. The molecule has 0 aromatic carbocycles. The van der Waals surface area contributed by atoms with Crippen molar-refractivity contribution in [2.24, 2.45) is 5.92 Å². The topological polar surface area (TPSA) is 60.9 Å². The van der Waals surface area contributed by atoms with Gasteiger partial charge in [-0.05, 0) is 38.5 Å². The Balaban J connectivity index is 2.00. The van der Waals surface area contributed by atoms with Crippen LogP contribution in [0.1, 0.15) is 46.0 Å². The van der Waals surface area contributed by atoms with Gasteiger partial charge in [-0.3, -0.25) is 4.90 Å². The SMILES string of the molecule is CCC1CCC(N(C)C(=O)N2C(C)SCC2C(=O)O)CC1. The summed E-state index contributed by atoms with van der Waals surface area (Å²) in [5.41, 5.74) is 0. The van der Waals surface area contributed by atoms with E-state index in [1.807, 2.05) is 14.0 Å². The minimum atomic E-state index is -0.900. The lowest BCUT2D eigenvalue weighted by atomic mass is 9.84. The summed E-state index contributed by atoms with van der Waals surface area (Å²) in [5, 5.41) is 9.22. The Bertz CT molecular complexity index is 396. The average molecular weight is 314 g/mol. The highest BCUT2D eigenvalue weighted by Crippen LogP contribution is 2.33. The molecule has 2 amide bonds. The van der Waals surface area contributed by atoms with Gasteiger partial charge in [0.2, 0.25) is 0 Å². The number of rotatable bonds is 3. The first-order chi connectivity index (χ1) is 9.95. The van der Waals surface area contributed by atoms with Crippen LogP contribution in [0, 0.1) is 5.92 Å². The number of thioether (sulfide) groups is 1. The van der Waals surface area contributed by atoms with Gasteiger partial charge in [-0.25, -0.2) is 9.59 Å². The largest absolute Gasteiger partial charge is 0.480 e. The predicted molar refractivity (Wildman–Crippen MR) is 84.4 cm³/mol. The smallest absolute Gasteiger partial charge is 0.327 e. The maximum Gasteiger partial charge on any atom is 0.327 e. The minimum Gasteiger partial charge on any atom is -0.480 e. The van der Waals surface area contributed by atoms with Crippen LogP contribution >= 0.6 is 11.8 Å². The van der Waals surface area contributed by atoms with Gasteiger partial charge in [-0.1, -0.05) is 13.3 Å². The zero-order chi connectivity index (χ0) is 15.6. The number of nitrogens with zero attached hydrogens (tertiary/aromatic N) is 2. The summed E-state index contributed by atoms with van der Waals surface area (Å²) in [6.45, 7) is 4.13. The number of hydrogen-bond acceptors (Lipinski definition) is 3. The zero-order valence-electron chi connectivity index (χ0n) is 13.1. The van der Waals surface area contributed by atoms with Crippen LogP contribution in [-0.2, 0) is 4.79 Å². The van der Waals surface area contributed by atoms with Gasteiger partial charge in [0.15, 0.2) is 0 Å². The van der Waals surface area contributed by atoms with E-state index >= 15 is 0 Å². The fraction of sp³-hybridized carbons (Fsp3) is 0.867. The molecule has 5 nitrogen and oxygen atoms in total. The molecule has 2 unspecified atom stereocenters. The summed E-state index contributed by atoms with van der Waals surface area (Å²) >= 11 is 1.54. The van der Waals surface area contributed by atoms with Crippen molar-refractivity contribution in [3.05, 3.63) is 0 Å². The standard InChI is InChI=1S/C15H26N2O3S/c1-4-11-5-7-12(8-6-11)16(3)15(20)17-10(2)21-9-13(17)14(18)19/h10-13H,4-9H2,1-3H3,(H,18,19). The van der Waals surface area contributed by atoms with Crippen molar-refractivity contribution in [2.75, 3.05) is 12.8 Å². The van der Waals surface area contributed by atoms with Gasteiger partial charge in [0, 0.05) is 18.8 Å². The molecule has 0 bridgehead atoms. The van der Waals surface area contributed by atoms with Gasteiger partial charge >= 0.3 is 12.0 Å². The molecule has 1 saturated heterocycles. The maximum atomic E-state index is 12.7. The zero-order valence-corrected chi connectivity index (χ0v) is 13.9. The number of carbonyl (C=O) groups excluding carboxylic acids is 1. The second-order valence-electron chi connectivity index (χ2n) is 6.17. The van der Waals surface area contributed by atoms with E-state index in [4.69, 9.17) is 0 Å². The molecule has 1 saturated carbocycles. The van der Waals surface area contributed by atoms with Gasteiger partial charge in [-0.2, -0.15) is 0 Å². The molecule has 2 fully saturated rings. The molecule has 0 aromatic rings. The molecule has 1 N–H and O–H groups in total. The Hall–Kier alpha value is -0.910. The third-order valence-corrected chi connectivity index (χ3v) is 6.19. The molecule has 0 spiro atoms. The summed E-state index contributed by atoms with van der Waals surface area (Å²) < 4.78 is 0. The molecule has 21 heavy (non-hydrogen) atoms. The first-order valence-electron chi connectivity index (χ1n) is 7.85. The monoisotopic (exact) mass is 314 g/mol. The fourth-order valence-corrected chi connectivity index (χ4v) is 4.56. The van der Waals surface area contributed by atoms with Crippen LogP contribution in [0.2, 0.25) is 0 Å². The van der Waals surface area contributed by atoms with Crippen molar-refractivity contribution in [3.8, 4) is 0 Å². The molecular formula is C15H26N2O3S. The molecule has 1 aliphatic carbocycles. The third-order valence-electron chi connectivity index (χ3n) is 4.97. The van der Waals surface area contributed by atoms with Crippen LogP contribution in [0.25, 0.3) is 0 Å². The van der Waals surface area contributed by atoms with Crippen molar-refractivity contribution < 1.29 is 14.7 Å². The van der Waals surface area contributed by atoms with E-state index in [-0.39, 0.29) is 17.4 Å². The van der Waals surface area contributed by atoms with Crippen molar-refractivity contribution in [2.45, 2.75) is 63.4 Å². The highest BCUT2D eigenvalue weighted by molar-refractivity contribution is 8.00. The van der Waals surface area contributed by atoms with E-state index in [9.17, 15) is 14.7 Å². The summed E-state index contributed by atoms with van der Waals surface area (Å²) in [6, 6.07) is -0.556. The Labute approximate surface area is 131 Å². The van der Waals surface area contributed by atoms with Crippen LogP contribution in [0.4, 0.5) is 4.79 Å². The molecule has 1 aliphatic heterocycles. The average Bonchev–Trinajstić information content (AvgIpc) is 2.87. The minimum absolute atomic E-state index is 0.0620. The fourth-order valence-electron chi connectivity index (χ4n) is 3.40. The van der Waals surface area contributed by atoms with Crippen LogP contribution < -0.4 is 0 Å². The number of carbonyl (C=O) groups is 2. The lowest BCUT2D eigenvalue weighted by Gasteiger charge is -2.38. The van der Waals surface area contributed by atoms with E-state index in [1.165, 1.54) is 31.0 Å². The van der Waals surface area contributed by atoms with E-state index in [0.717, 1.165) is 18.8 Å². The Kier molecular flexibility index (Phi) is 5.41. The number of carboxylic acid groups (broad SMARTS) is 1. The van der Waals surface area contributed by atoms with Crippen molar-refractivity contribution in [3.63, 3.8) is 0 Å². The van der Waals surface area contributed by atoms with E-state index in [2.05, 4.69) is 6.92 Å². The Morgan fingerprint density at radius 1 is 1.29 bits per heavy atom. The highest BCUT2D eigenvalue weighted by atomic mass is 32.2. The van der Waals surface area contributed by atoms with Gasteiger partial charge in [-0.15, -0.1) is 11.8 Å². The van der Waals surface area contributed by atoms with Gasteiger partial charge < -0.3 is 10.0 Å². The predicted octanol–water partition coefficient (Wildman–Crippen LogP) is 2.86. The number of carboxylic acids is 1. The number of amides is 2. The van der Waals surface area contributed by atoms with Crippen LogP contribution in [0.5, 0.6) is 0 Å². The molecule has 2 aliphatic rings. The highest BCUT2D eigenvalue weighted by Gasteiger charge is 2.42. The molecular weight excluding hydrogens is 288 g/mol. The summed E-state index contributed by atoms with van der Waals surface area (Å²) in [5.74, 6) is 0.375. The lowest BCUT2D eigenvalue weighted by molar-refractivity contribution is -0.141. The lowest BCUT2D eigenvalue weighted by Crippen LogP contribution is -2.53. The van der Waals surface area contributed by atoms with Crippen molar-refractivity contribution in [1.29, 1.82) is 0 Å². The van der Waals surface area contributed by atoms with Crippen molar-refractivity contribution >= 4 is 23.8 Å². The van der Waals surface area contributed by atoms with Crippen LogP contribution in [0.3, 0.4) is 0 Å². The van der Waals surface area contributed by atoms with Crippen molar-refractivity contribution in [1.82, 2.24) is 9.80 Å². The summed E-state index contributed by atoms with van der Waals surface area (Å²) in [6.07, 6.45) is 5.63. The second-order valence-corrected chi connectivity index (χ2v) is 7.52. The molecule has 1 heterocycles. The van der Waals surface area contributed by atoms with Gasteiger partial charge in [0.05, 0.1) is 5.37 Å². The first-order valence-corrected chi connectivity index (χ1v) is 8.90. The van der Waals surface area contributed by atoms with Crippen LogP contribution in [-0.4, -0.2) is 57.2 Å². The summed E-state index contributed by atoms with van der Waals surface area (Å²) in [4.78, 5) is 27.3. The van der Waals surface area contributed by atoms with E-state index in [0.29, 0.717) is 5.75 Å². The quantitative estimate of drug-likeness (QED) is 0.870. The molecule has 6 heteroatoms. The molecule has 2 rings (SSSR count). The van der Waals surface area contributed by atoms with E-state index in [1.54, 1.807) is 9.80 Å². The Morgan fingerprint density at radius 3 is 2.43 bits per heavy atom.